The molecular weight excluding hydrogens is 244 g/mol. The lowest BCUT2D eigenvalue weighted by atomic mass is 10.2. The van der Waals surface area contributed by atoms with E-state index < -0.39 is 0 Å². The van der Waals surface area contributed by atoms with Crippen LogP contribution >= 0.6 is 12.4 Å². The predicted molar refractivity (Wildman–Crippen MR) is 68.6 cm³/mol. The maximum Gasteiger partial charge on any atom is 0.236 e. The van der Waals surface area contributed by atoms with E-state index >= 15 is 0 Å². The summed E-state index contributed by atoms with van der Waals surface area (Å²) in [6.45, 7) is 7.08. The fourth-order valence-corrected chi connectivity index (χ4v) is 1.86. The molecule has 1 N–H and O–H groups in total. The number of hydrogen-bond acceptors (Lipinski definition) is 4. The summed E-state index contributed by atoms with van der Waals surface area (Å²) < 4.78 is 10.5. The summed E-state index contributed by atoms with van der Waals surface area (Å²) in [5.74, 6) is 0.137. The van der Waals surface area contributed by atoms with Crippen LogP contribution in [0.1, 0.15) is 13.8 Å². The van der Waals surface area contributed by atoms with Crippen LogP contribution in [0.25, 0.3) is 0 Å². The number of morpholine rings is 1. The van der Waals surface area contributed by atoms with Crippen LogP contribution in [0.2, 0.25) is 0 Å². The Morgan fingerprint density at radius 3 is 2.53 bits per heavy atom. The van der Waals surface area contributed by atoms with Crippen LogP contribution in [0.4, 0.5) is 0 Å². The zero-order valence-electron chi connectivity index (χ0n) is 10.8. The van der Waals surface area contributed by atoms with E-state index in [0.717, 1.165) is 0 Å². The van der Waals surface area contributed by atoms with Crippen molar-refractivity contribution in [2.24, 2.45) is 0 Å². The number of amides is 1. The van der Waals surface area contributed by atoms with Gasteiger partial charge in [0.05, 0.1) is 25.4 Å². The Morgan fingerprint density at radius 2 is 2.00 bits per heavy atom. The highest BCUT2D eigenvalue weighted by Gasteiger charge is 2.25. The molecule has 0 saturated carbocycles. The second-order valence-electron chi connectivity index (χ2n) is 4.23. The van der Waals surface area contributed by atoms with Gasteiger partial charge >= 0.3 is 0 Å². The van der Waals surface area contributed by atoms with Gasteiger partial charge in [-0.05, 0) is 13.8 Å². The molecule has 0 aromatic rings. The van der Waals surface area contributed by atoms with E-state index in [-0.39, 0.29) is 30.5 Å². The lowest BCUT2D eigenvalue weighted by Crippen LogP contribution is -2.50. The third-order valence-electron chi connectivity index (χ3n) is 2.53. The van der Waals surface area contributed by atoms with Crippen LogP contribution in [0.5, 0.6) is 0 Å². The molecule has 0 aromatic heterocycles. The number of ether oxygens (including phenoxy) is 2. The van der Waals surface area contributed by atoms with Crippen molar-refractivity contribution in [3.8, 4) is 0 Å². The molecule has 1 aliphatic heterocycles. The van der Waals surface area contributed by atoms with E-state index in [4.69, 9.17) is 9.47 Å². The Balaban J connectivity index is 0.00000256. The number of rotatable bonds is 5. The van der Waals surface area contributed by atoms with Crippen molar-refractivity contribution >= 4 is 18.3 Å². The first-order valence-corrected chi connectivity index (χ1v) is 5.76. The molecule has 0 bridgehead atoms. The van der Waals surface area contributed by atoms with E-state index in [0.29, 0.717) is 32.8 Å². The first-order chi connectivity index (χ1) is 7.63. The van der Waals surface area contributed by atoms with Gasteiger partial charge in [-0.15, -0.1) is 12.4 Å². The van der Waals surface area contributed by atoms with Gasteiger partial charge < -0.3 is 19.7 Å². The van der Waals surface area contributed by atoms with Crippen molar-refractivity contribution in [3.63, 3.8) is 0 Å². The van der Waals surface area contributed by atoms with Crippen molar-refractivity contribution in [2.45, 2.75) is 26.1 Å². The number of carbonyl (C=O) groups excluding carboxylic acids is 1. The molecule has 17 heavy (non-hydrogen) atoms. The van der Waals surface area contributed by atoms with Gasteiger partial charge in [-0.1, -0.05) is 0 Å². The third kappa shape index (κ3) is 6.21. The molecule has 0 spiro atoms. The summed E-state index contributed by atoms with van der Waals surface area (Å²) in [4.78, 5) is 13.7. The molecule has 102 valence electrons. The predicted octanol–water partition coefficient (Wildman–Crippen LogP) is 0.280. The highest BCUT2D eigenvalue weighted by atomic mass is 35.5. The summed E-state index contributed by atoms with van der Waals surface area (Å²) in [7, 11) is 1.65. The minimum atomic E-state index is 0. The Morgan fingerprint density at radius 1 is 1.41 bits per heavy atom. The molecule has 1 fully saturated rings. The molecule has 1 rings (SSSR count). The Kier molecular flexibility index (Phi) is 8.51. The van der Waals surface area contributed by atoms with Gasteiger partial charge in [-0.25, -0.2) is 0 Å². The maximum atomic E-state index is 11.8. The van der Waals surface area contributed by atoms with Crippen molar-refractivity contribution < 1.29 is 14.3 Å². The molecule has 1 aliphatic rings. The highest BCUT2D eigenvalue weighted by molar-refractivity contribution is 5.85. The number of nitrogens with zero attached hydrogens (tertiary/aromatic N) is 1. The van der Waals surface area contributed by atoms with E-state index in [9.17, 15) is 4.79 Å². The first kappa shape index (κ1) is 16.6. The standard InChI is InChI=1S/C11H22N2O3.ClH/c1-9-7-13(8-10(2)16-9)11(14)6-12-4-5-15-3;/h9-10,12H,4-8H2,1-3H3;1H/t9-,10+;. The number of methoxy groups -OCH3 is 1. The molecule has 0 unspecified atom stereocenters. The molecule has 0 aliphatic carbocycles. The largest absolute Gasteiger partial charge is 0.383 e. The minimum absolute atomic E-state index is 0. The number of hydrogen-bond donors (Lipinski definition) is 1. The van der Waals surface area contributed by atoms with Crippen LogP contribution in [0, 0.1) is 0 Å². The summed E-state index contributed by atoms with van der Waals surface area (Å²) in [5, 5.41) is 3.06. The Hall–Kier alpha value is -0.360. The molecule has 5 nitrogen and oxygen atoms in total. The minimum Gasteiger partial charge on any atom is -0.383 e. The van der Waals surface area contributed by atoms with Crippen LogP contribution in [-0.4, -0.2) is 62.9 Å². The number of nitrogens with one attached hydrogen (secondary N) is 1. The highest BCUT2D eigenvalue weighted by Crippen LogP contribution is 2.10. The maximum absolute atomic E-state index is 11.8. The van der Waals surface area contributed by atoms with E-state index in [2.05, 4.69) is 5.32 Å². The van der Waals surface area contributed by atoms with Crippen molar-refractivity contribution in [1.82, 2.24) is 10.2 Å². The average molecular weight is 267 g/mol. The Labute approximate surface area is 109 Å². The summed E-state index contributed by atoms with van der Waals surface area (Å²) >= 11 is 0. The van der Waals surface area contributed by atoms with Crippen LogP contribution < -0.4 is 5.32 Å². The van der Waals surface area contributed by atoms with Crippen molar-refractivity contribution in [2.75, 3.05) is 39.9 Å². The fraction of sp³-hybridized carbons (Fsp3) is 0.909. The quantitative estimate of drug-likeness (QED) is 0.727. The monoisotopic (exact) mass is 266 g/mol. The number of carbonyl (C=O) groups is 1. The Bertz CT molecular complexity index is 219. The van der Waals surface area contributed by atoms with Crippen LogP contribution in [-0.2, 0) is 14.3 Å². The molecule has 6 heteroatoms. The summed E-state index contributed by atoms with van der Waals surface area (Å²) in [5.41, 5.74) is 0. The lowest BCUT2D eigenvalue weighted by molar-refractivity contribution is -0.142. The van der Waals surface area contributed by atoms with Gasteiger partial charge in [0.15, 0.2) is 0 Å². The molecule has 2 atom stereocenters. The van der Waals surface area contributed by atoms with Gasteiger partial charge in [0, 0.05) is 26.7 Å². The zero-order chi connectivity index (χ0) is 12.0. The molecule has 0 aromatic carbocycles. The second-order valence-corrected chi connectivity index (χ2v) is 4.23. The molecule has 1 saturated heterocycles. The van der Waals surface area contributed by atoms with Gasteiger partial charge in [0.2, 0.25) is 5.91 Å². The summed E-state index contributed by atoms with van der Waals surface area (Å²) in [6.07, 6.45) is 0.262. The fourth-order valence-electron chi connectivity index (χ4n) is 1.86. The first-order valence-electron chi connectivity index (χ1n) is 5.76. The molecule has 0 radical (unpaired) electrons. The van der Waals surface area contributed by atoms with Gasteiger partial charge in [0.25, 0.3) is 0 Å². The molecule has 1 heterocycles. The van der Waals surface area contributed by atoms with Crippen molar-refractivity contribution in [1.29, 1.82) is 0 Å². The topological polar surface area (TPSA) is 50.8 Å². The second kappa shape index (κ2) is 8.69. The average Bonchev–Trinajstić information content (AvgIpc) is 2.22. The van der Waals surface area contributed by atoms with Crippen LogP contribution in [0.3, 0.4) is 0 Å². The SMILES string of the molecule is COCCNCC(=O)N1C[C@@H](C)O[C@@H](C)C1.Cl. The lowest BCUT2D eigenvalue weighted by Gasteiger charge is -2.35. The molecule has 1 amide bonds. The normalized spacial score (nSPS) is 24.3. The van der Waals surface area contributed by atoms with E-state index in [1.807, 2.05) is 18.7 Å². The van der Waals surface area contributed by atoms with Crippen molar-refractivity contribution in [3.05, 3.63) is 0 Å². The summed E-state index contributed by atoms with van der Waals surface area (Å²) in [6, 6.07) is 0. The smallest absolute Gasteiger partial charge is 0.236 e. The van der Waals surface area contributed by atoms with Gasteiger partial charge in [0.1, 0.15) is 0 Å². The van der Waals surface area contributed by atoms with E-state index in [1.54, 1.807) is 7.11 Å². The number of halogens is 1. The van der Waals surface area contributed by atoms with Gasteiger partial charge in [-0.2, -0.15) is 0 Å². The third-order valence-corrected chi connectivity index (χ3v) is 2.53. The zero-order valence-corrected chi connectivity index (χ0v) is 11.6. The van der Waals surface area contributed by atoms with Crippen LogP contribution in [0.15, 0.2) is 0 Å². The van der Waals surface area contributed by atoms with Gasteiger partial charge in [-0.3, -0.25) is 4.79 Å². The molecular formula is C11H23ClN2O3. The van der Waals surface area contributed by atoms with E-state index in [1.165, 1.54) is 0 Å².